The monoisotopic (exact) mass is 369 g/mol. The number of esters is 1. The molecule has 0 aliphatic carbocycles. The van der Waals surface area contributed by atoms with Gasteiger partial charge in [-0.05, 0) is 69.7 Å². The number of amides is 1. The van der Waals surface area contributed by atoms with Gasteiger partial charge in [0.15, 0.2) is 18.0 Å². The van der Waals surface area contributed by atoms with Crippen LogP contribution >= 0.6 is 0 Å². The third-order valence-electron chi connectivity index (χ3n) is 3.86. The predicted molar refractivity (Wildman–Crippen MR) is 102 cm³/mol. The van der Waals surface area contributed by atoms with E-state index in [0.717, 1.165) is 5.56 Å². The molecule has 6 heteroatoms. The van der Waals surface area contributed by atoms with Gasteiger partial charge in [0.2, 0.25) is 0 Å². The molecule has 0 heterocycles. The molecule has 6 nitrogen and oxygen atoms in total. The van der Waals surface area contributed by atoms with Gasteiger partial charge < -0.3 is 14.8 Å². The van der Waals surface area contributed by atoms with E-state index in [9.17, 15) is 14.4 Å². The minimum atomic E-state index is -0.992. The molecule has 0 radical (unpaired) electrons. The van der Waals surface area contributed by atoms with Crippen LogP contribution in [0.4, 0.5) is 5.69 Å². The molecule has 2 rings (SSSR count). The highest BCUT2D eigenvalue weighted by atomic mass is 16.6. The first-order chi connectivity index (χ1) is 12.8. The van der Waals surface area contributed by atoms with E-state index < -0.39 is 24.1 Å². The van der Waals surface area contributed by atoms with Crippen LogP contribution in [0.5, 0.6) is 5.75 Å². The quantitative estimate of drug-likeness (QED) is 0.596. The molecule has 0 unspecified atom stereocenters. The van der Waals surface area contributed by atoms with Gasteiger partial charge in [-0.3, -0.25) is 9.59 Å². The predicted octanol–water partition coefficient (Wildman–Crippen LogP) is 3.54. The third kappa shape index (κ3) is 5.95. The highest BCUT2D eigenvalue weighted by Gasteiger charge is 2.23. The molecule has 0 saturated heterocycles. The number of Topliss-reactive ketones (excluding diaryl/α,β-unsaturated/α-hetero) is 1. The molecule has 1 N–H and O–H groups in total. The van der Waals surface area contributed by atoms with Crippen LogP contribution in [-0.2, 0) is 14.3 Å². The number of benzene rings is 2. The van der Waals surface area contributed by atoms with Crippen molar-refractivity contribution >= 4 is 23.3 Å². The minimum absolute atomic E-state index is 0.0576. The summed E-state index contributed by atoms with van der Waals surface area (Å²) in [5, 5.41) is 2.64. The number of hydrogen-bond acceptors (Lipinski definition) is 5. The lowest BCUT2D eigenvalue weighted by atomic mass is 10.1. The highest BCUT2D eigenvalue weighted by Crippen LogP contribution is 2.15. The van der Waals surface area contributed by atoms with Crippen LogP contribution in [0.3, 0.4) is 0 Å². The number of nitrogens with one attached hydrogen (secondary N) is 1. The number of rotatable bonds is 7. The summed E-state index contributed by atoms with van der Waals surface area (Å²) in [7, 11) is 0. The van der Waals surface area contributed by atoms with Gasteiger partial charge in [0.05, 0.1) is 0 Å². The number of anilines is 1. The molecular weight excluding hydrogens is 346 g/mol. The van der Waals surface area contributed by atoms with Gasteiger partial charge in [-0.25, -0.2) is 4.79 Å². The fourth-order valence-electron chi connectivity index (χ4n) is 2.30. The summed E-state index contributed by atoms with van der Waals surface area (Å²) in [4.78, 5) is 35.6. The lowest BCUT2D eigenvalue weighted by Crippen LogP contribution is -2.35. The fraction of sp³-hybridized carbons (Fsp3) is 0.286. The summed E-state index contributed by atoms with van der Waals surface area (Å²) in [6.07, 6.45) is -1.84. The van der Waals surface area contributed by atoms with Crippen molar-refractivity contribution in [2.24, 2.45) is 0 Å². The molecule has 2 atom stereocenters. The number of ketones is 1. The maximum atomic E-state index is 12.2. The second-order valence-electron chi connectivity index (χ2n) is 6.28. The van der Waals surface area contributed by atoms with E-state index in [1.165, 1.54) is 13.8 Å². The van der Waals surface area contributed by atoms with E-state index in [0.29, 0.717) is 17.0 Å². The first-order valence-corrected chi connectivity index (χ1v) is 8.62. The molecule has 27 heavy (non-hydrogen) atoms. The molecule has 0 aliphatic rings. The molecule has 0 saturated carbocycles. The van der Waals surface area contributed by atoms with Crippen LogP contribution in [-0.4, -0.2) is 29.9 Å². The maximum Gasteiger partial charge on any atom is 0.347 e. The Bertz CT molecular complexity index is 829. The number of ether oxygens (including phenoxy) is 2. The lowest BCUT2D eigenvalue weighted by Gasteiger charge is -2.18. The van der Waals surface area contributed by atoms with Crippen molar-refractivity contribution in [1.82, 2.24) is 0 Å². The second-order valence-corrected chi connectivity index (χ2v) is 6.28. The zero-order valence-electron chi connectivity index (χ0n) is 15.8. The van der Waals surface area contributed by atoms with E-state index in [-0.39, 0.29) is 5.78 Å². The topological polar surface area (TPSA) is 81.7 Å². The third-order valence-corrected chi connectivity index (χ3v) is 3.86. The Morgan fingerprint density at radius 1 is 0.963 bits per heavy atom. The zero-order chi connectivity index (χ0) is 20.0. The van der Waals surface area contributed by atoms with Gasteiger partial charge in [-0.15, -0.1) is 0 Å². The fourth-order valence-corrected chi connectivity index (χ4v) is 2.30. The molecule has 1 amide bonds. The summed E-state index contributed by atoms with van der Waals surface area (Å²) >= 11 is 0. The first kappa shape index (κ1) is 20.2. The number of aryl methyl sites for hydroxylation is 1. The zero-order valence-corrected chi connectivity index (χ0v) is 15.8. The molecule has 142 valence electrons. The van der Waals surface area contributed by atoms with Crippen molar-refractivity contribution in [3.63, 3.8) is 0 Å². The Labute approximate surface area is 158 Å². The Balaban J connectivity index is 1.88. The molecule has 0 aliphatic heterocycles. The van der Waals surface area contributed by atoms with E-state index in [1.807, 2.05) is 25.1 Å². The van der Waals surface area contributed by atoms with Crippen LogP contribution < -0.4 is 10.1 Å². The average molecular weight is 369 g/mol. The molecule has 0 spiro atoms. The maximum absolute atomic E-state index is 12.2. The Morgan fingerprint density at radius 3 is 2.22 bits per heavy atom. The molecule has 0 aromatic heterocycles. The van der Waals surface area contributed by atoms with Gasteiger partial charge in [0.25, 0.3) is 5.91 Å². The number of carbonyl (C=O) groups excluding carboxylic acids is 3. The van der Waals surface area contributed by atoms with Crippen LogP contribution in [0.1, 0.15) is 36.7 Å². The minimum Gasteiger partial charge on any atom is -0.479 e. The van der Waals surface area contributed by atoms with Crippen LogP contribution in [0.25, 0.3) is 0 Å². The van der Waals surface area contributed by atoms with Crippen LogP contribution in [0.2, 0.25) is 0 Å². The van der Waals surface area contributed by atoms with Gasteiger partial charge in [0, 0.05) is 11.3 Å². The van der Waals surface area contributed by atoms with Gasteiger partial charge in [-0.1, -0.05) is 12.1 Å². The molecule has 0 bridgehead atoms. The SMILES string of the molecule is CC(=O)c1ccc(NC(=O)[C@H](C)OC(=O)[C@@H](C)Oc2cccc(C)c2)cc1. The lowest BCUT2D eigenvalue weighted by molar-refractivity contribution is -0.159. The van der Waals surface area contributed by atoms with Crippen LogP contribution in [0.15, 0.2) is 48.5 Å². The van der Waals surface area contributed by atoms with Crippen molar-refractivity contribution in [3.05, 3.63) is 59.7 Å². The van der Waals surface area contributed by atoms with Gasteiger partial charge in [-0.2, -0.15) is 0 Å². The van der Waals surface area contributed by atoms with Gasteiger partial charge in [0.1, 0.15) is 5.75 Å². The molecule has 2 aromatic rings. The molecule has 0 fully saturated rings. The van der Waals surface area contributed by atoms with Crippen LogP contribution in [0, 0.1) is 6.92 Å². The largest absolute Gasteiger partial charge is 0.479 e. The number of carbonyl (C=O) groups is 3. The second kappa shape index (κ2) is 8.98. The Hall–Kier alpha value is -3.15. The summed E-state index contributed by atoms with van der Waals surface area (Å²) in [5.41, 5.74) is 2.07. The van der Waals surface area contributed by atoms with Crippen molar-refractivity contribution in [1.29, 1.82) is 0 Å². The Kier molecular flexibility index (Phi) is 6.71. The summed E-state index contributed by atoms with van der Waals surface area (Å²) in [6, 6.07) is 13.8. The smallest absolute Gasteiger partial charge is 0.347 e. The van der Waals surface area contributed by atoms with E-state index in [4.69, 9.17) is 9.47 Å². The molecule has 2 aromatic carbocycles. The van der Waals surface area contributed by atoms with Crippen molar-refractivity contribution in [2.75, 3.05) is 5.32 Å². The molecular formula is C21H23NO5. The Morgan fingerprint density at radius 2 is 1.63 bits per heavy atom. The van der Waals surface area contributed by atoms with Crippen molar-refractivity contribution in [3.8, 4) is 5.75 Å². The summed E-state index contributed by atoms with van der Waals surface area (Å²) in [6.45, 7) is 6.44. The van der Waals surface area contributed by atoms with Crippen molar-refractivity contribution < 1.29 is 23.9 Å². The van der Waals surface area contributed by atoms with E-state index in [1.54, 1.807) is 37.3 Å². The number of hydrogen-bond donors (Lipinski definition) is 1. The van der Waals surface area contributed by atoms with E-state index >= 15 is 0 Å². The van der Waals surface area contributed by atoms with Gasteiger partial charge >= 0.3 is 5.97 Å². The van der Waals surface area contributed by atoms with E-state index in [2.05, 4.69) is 5.32 Å². The highest BCUT2D eigenvalue weighted by molar-refractivity contribution is 5.97. The average Bonchev–Trinajstić information content (AvgIpc) is 2.62. The standard InChI is InChI=1S/C21H23NO5/c1-13-6-5-7-19(12-13)26-16(4)21(25)27-15(3)20(24)22-18-10-8-17(9-11-18)14(2)23/h5-12,15-16H,1-4H3,(H,22,24)/t15-,16+/m0/s1. The normalized spacial score (nSPS) is 12.6. The summed E-state index contributed by atoms with van der Waals surface area (Å²) in [5.74, 6) is -0.604. The first-order valence-electron chi connectivity index (χ1n) is 8.62. The summed E-state index contributed by atoms with van der Waals surface area (Å²) < 4.78 is 10.7. The van der Waals surface area contributed by atoms with Crippen molar-refractivity contribution in [2.45, 2.75) is 39.9 Å².